The Morgan fingerprint density at radius 1 is 1.12 bits per heavy atom. The summed E-state index contributed by atoms with van der Waals surface area (Å²) in [4.78, 5) is 2.46. The first-order chi connectivity index (χ1) is 11.7. The predicted octanol–water partition coefficient (Wildman–Crippen LogP) is 3.11. The minimum absolute atomic E-state index is 0.275. The van der Waals surface area contributed by atoms with Gasteiger partial charge in [-0.3, -0.25) is 4.90 Å². The number of halogens is 1. The number of benzene rings is 2. The molecule has 128 valence electrons. The standard InChI is InChI=1S/C20H25FN2O/c21-18-10-8-17(9-11-18)20(24)13-22-19-7-4-12-23(15-19)14-16-5-2-1-3-6-16/h1-3,5-6,8-11,19-20,22,24H,4,7,12-15H2. The fourth-order valence-corrected chi connectivity index (χ4v) is 3.29. The van der Waals surface area contributed by atoms with Gasteiger partial charge >= 0.3 is 0 Å². The molecule has 24 heavy (non-hydrogen) atoms. The topological polar surface area (TPSA) is 35.5 Å². The normalized spacial score (nSPS) is 20.0. The molecule has 1 aliphatic heterocycles. The van der Waals surface area contributed by atoms with Gasteiger partial charge in [-0.25, -0.2) is 4.39 Å². The molecular formula is C20H25FN2O. The number of hydrogen-bond donors (Lipinski definition) is 2. The number of likely N-dealkylation sites (tertiary alicyclic amines) is 1. The molecule has 0 aliphatic carbocycles. The Bertz CT molecular complexity index is 617. The molecule has 0 saturated carbocycles. The van der Waals surface area contributed by atoms with E-state index in [4.69, 9.17) is 0 Å². The van der Waals surface area contributed by atoms with Crippen LogP contribution in [0.25, 0.3) is 0 Å². The Labute approximate surface area is 143 Å². The highest BCUT2D eigenvalue weighted by Crippen LogP contribution is 2.16. The molecule has 3 rings (SSSR count). The molecule has 2 atom stereocenters. The summed E-state index contributed by atoms with van der Waals surface area (Å²) in [6, 6.07) is 17.0. The lowest BCUT2D eigenvalue weighted by molar-refractivity contribution is 0.144. The summed E-state index contributed by atoms with van der Waals surface area (Å²) in [5.74, 6) is -0.275. The summed E-state index contributed by atoms with van der Waals surface area (Å²) in [6.07, 6.45) is 1.69. The third kappa shape index (κ3) is 4.87. The van der Waals surface area contributed by atoms with E-state index < -0.39 is 6.10 Å². The van der Waals surface area contributed by atoms with Crippen molar-refractivity contribution in [1.82, 2.24) is 10.2 Å². The van der Waals surface area contributed by atoms with Crippen molar-refractivity contribution in [3.8, 4) is 0 Å². The highest BCUT2D eigenvalue weighted by molar-refractivity contribution is 5.19. The fraction of sp³-hybridized carbons (Fsp3) is 0.400. The predicted molar refractivity (Wildman–Crippen MR) is 94.1 cm³/mol. The van der Waals surface area contributed by atoms with Crippen LogP contribution >= 0.6 is 0 Å². The van der Waals surface area contributed by atoms with Crippen LogP contribution in [0.2, 0.25) is 0 Å². The highest BCUT2D eigenvalue weighted by Gasteiger charge is 2.20. The zero-order chi connectivity index (χ0) is 16.8. The molecule has 1 saturated heterocycles. The Balaban J connectivity index is 1.47. The second kappa shape index (κ2) is 8.38. The monoisotopic (exact) mass is 328 g/mol. The SMILES string of the molecule is OC(CNC1CCCN(Cc2ccccc2)C1)c1ccc(F)cc1. The van der Waals surface area contributed by atoms with Crippen LogP contribution in [0.4, 0.5) is 4.39 Å². The Hall–Kier alpha value is -1.75. The van der Waals surface area contributed by atoms with Crippen LogP contribution in [0, 0.1) is 5.82 Å². The van der Waals surface area contributed by atoms with E-state index in [1.807, 2.05) is 6.07 Å². The first-order valence-electron chi connectivity index (χ1n) is 8.64. The van der Waals surface area contributed by atoms with Crippen molar-refractivity contribution in [1.29, 1.82) is 0 Å². The minimum atomic E-state index is -0.602. The van der Waals surface area contributed by atoms with E-state index >= 15 is 0 Å². The van der Waals surface area contributed by atoms with Gasteiger partial charge in [-0.05, 0) is 42.6 Å². The van der Waals surface area contributed by atoms with Gasteiger partial charge in [-0.2, -0.15) is 0 Å². The fourth-order valence-electron chi connectivity index (χ4n) is 3.29. The maximum absolute atomic E-state index is 12.9. The van der Waals surface area contributed by atoms with Gasteiger partial charge in [0.1, 0.15) is 5.82 Å². The highest BCUT2D eigenvalue weighted by atomic mass is 19.1. The van der Waals surface area contributed by atoms with Crippen LogP contribution in [0.15, 0.2) is 54.6 Å². The number of nitrogens with one attached hydrogen (secondary N) is 1. The number of piperidine rings is 1. The quantitative estimate of drug-likeness (QED) is 0.855. The van der Waals surface area contributed by atoms with E-state index in [0.717, 1.165) is 38.0 Å². The van der Waals surface area contributed by atoms with Crippen molar-refractivity contribution in [2.75, 3.05) is 19.6 Å². The van der Waals surface area contributed by atoms with Crippen LogP contribution in [0.5, 0.6) is 0 Å². The average molecular weight is 328 g/mol. The van der Waals surface area contributed by atoms with Crippen molar-refractivity contribution in [2.24, 2.45) is 0 Å². The number of nitrogens with zero attached hydrogens (tertiary/aromatic N) is 1. The third-order valence-electron chi connectivity index (χ3n) is 4.61. The minimum Gasteiger partial charge on any atom is -0.387 e. The number of hydrogen-bond acceptors (Lipinski definition) is 3. The summed E-state index contributed by atoms with van der Waals surface area (Å²) < 4.78 is 12.9. The Kier molecular flexibility index (Phi) is 5.96. The lowest BCUT2D eigenvalue weighted by atomic mass is 10.0. The molecule has 0 spiro atoms. The summed E-state index contributed by atoms with van der Waals surface area (Å²) in [6.45, 7) is 3.58. The van der Waals surface area contributed by atoms with Crippen LogP contribution in [-0.4, -0.2) is 35.7 Å². The Morgan fingerprint density at radius 3 is 2.62 bits per heavy atom. The largest absolute Gasteiger partial charge is 0.387 e. The molecular weight excluding hydrogens is 303 g/mol. The molecule has 2 aromatic rings. The van der Waals surface area contributed by atoms with Gasteiger partial charge in [-0.1, -0.05) is 42.5 Å². The first kappa shape index (κ1) is 17.1. The van der Waals surface area contributed by atoms with Crippen molar-refractivity contribution >= 4 is 0 Å². The Morgan fingerprint density at radius 2 is 1.88 bits per heavy atom. The van der Waals surface area contributed by atoms with Crippen molar-refractivity contribution in [3.63, 3.8) is 0 Å². The second-order valence-corrected chi connectivity index (χ2v) is 6.54. The molecule has 4 heteroatoms. The van der Waals surface area contributed by atoms with Crippen LogP contribution in [0.3, 0.4) is 0 Å². The molecule has 2 unspecified atom stereocenters. The molecule has 1 aliphatic rings. The number of aliphatic hydroxyl groups is 1. The molecule has 1 heterocycles. The van der Waals surface area contributed by atoms with E-state index in [1.165, 1.54) is 17.7 Å². The van der Waals surface area contributed by atoms with Crippen molar-refractivity contribution in [2.45, 2.75) is 31.5 Å². The van der Waals surface area contributed by atoms with Gasteiger partial charge in [0.15, 0.2) is 0 Å². The van der Waals surface area contributed by atoms with E-state index in [2.05, 4.69) is 34.5 Å². The average Bonchev–Trinajstić information content (AvgIpc) is 2.61. The molecule has 2 N–H and O–H groups in total. The summed E-state index contributed by atoms with van der Waals surface area (Å²) in [7, 11) is 0. The maximum atomic E-state index is 12.9. The molecule has 1 fully saturated rings. The molecule has 0 aromatic heterocycles. The van der Waals surface area contributed by atoms with Crippen LogP contribution in [-0.2, 0) is 6.54 Å². The lowest BCUT2D eigenvalue weighted by Crippen LogP contribution is -2.46. The van der Waals surface area contributed by atoms with Gasteiger partial charge in [0.25, 0.3) is 0 Å². The molecule has 0 bridgehead atoms. The number of rotatable bonds is 6. The first-order valence-corrected chi connectivity index (χ1v) is 8.64. The third-order valence-corrected chi connectivity index (χ3v) is 4.61. The van der Waals surface area contributed by atoms with Gasteiger partial charge in [0, 0.05) is 25.7 Å². The smallest absolute Gasteiger partial charge is 0.123 e. The van der Waals surface area contributed by atoms with E-state index in [9.17, 15) is 9.50 Å². The van der Waals surface area contributed by atoms with Gasteiger partial charge < -0.3 is 10.4 Å². The van der Waals surface area contributed by atoms with Gasteiger partial charge in [0.2, 0.25) is 0 Å². The maximum Gasteiger partial charge on any atom is 0.123 e. The van der Waals surface area contributed by atoms with Crippen molar-refractivity contribution in [3.05, 3.63) is 71.5 Å². The van der Waals surface area contributed by atoms with Crippen LogP contribution < -0.4 is 5.32 Å². The van der Waals surface area contributed by atoms with Crippen LogP contribution in [0.1, 0.15) is 30.1 Å². The van der Waals surface area contributed by atoms with Gasteiger partial charge in [0.05, 0.1) is 6.10 Å². The summed E-state index contributed by atoms with van der Waals surface area (Å²) >= 11 is 0. The van der Waals surface area contributed by atoms with E-state index in [-0.39, 0.29) is 5.82 Å². The summed E-state index contributed by atoms with van der Waals surface area (Å²) in [5, 5.41) is 13.7. The summed E-state index contributed by atoms with van der Waals surface area (Å²) in [5.41, 5.74) is 2.09. The number of aliphatic hydroxyl groups excluding tert-OH is 1. The van der Waals surface area contributed by atoms with Gasteiger partial charge in [-0.15, -0.1) is 0 Å². The van der Waals surface area contributed by atoms with E-state index in [0.29, 0.717) is 12.6 Å². The molecule has 2 aromatic carbocycles. The van der Waals surface area contributed by atoms with E-state index in [1.54, 1.807) is 12.1 Å². The second-order valence-electron chi connectivity index (χ2n) is 6.54. The molecule has 0 radical (unpaired) electrons. The lowest BCUT2D eigenvalue weighted by Gasteiger charge is -2.33. The molecule has 0 amide bonds. The van der Waals surface area contributed by atoms with Crippen molar-refractivity contribution < 1.29 is 9.50 Å². The zero-order valence-electron chi connectivity index (χ0n) is 13.9. The molecule has 3 nitrogen and oxygen atoms in total. The zero-order valence-corrected chi connectivity index (χ0v) is 13.9.